The lowest BCUT2D eigenvalue weighted by Gasteiger charge is -2.11. The predicted molar refractivity (Wildman–Crippen MR) is 85.4 cm³/mol. The summed E-state index contributed by atoms with van der Waals surface area (Å²) in [7, 11) is 0. The average Bonchev–Trinajstić information content (AvgIpc) is 2.48. The summed E-state index contributed by atoms with van der Waals surface area (Å²) in [6.45, 7) is 1.50. The smallest absolute Gasteiger partial charge is 0.337 e. The number of ether oxygens (including phenoxy) is 1. The zero-order chi connectivity index (χ0) is 17.0. The molecule has 2 aromatic carbocycles. The number of carboxylic acid groups (broad SMARTS) is 1. The molecule has 2 aromatic rings. The van der Waals surface area contributed by atoms with Gasteiger partial charge in [0.25, 0.3) is 5.91 Å². The van der Waals surface area contributed by atoms with Crippen molar-refractivity contribution < 1.29 is 24.5 Å². The van der Waals surface area contributed by atoms with E-state index >= 15 is 0 Å². The van der Waals surface area contributed by atoms with E-state index in [0.29, 0.717) is 10.8 Å². The van der Waals surface area contributed by atoms with Crippen molar-refractivity contribution >= 4 is 29.2 Å². The number of phenols is 1. The fourth-order valence-electron chi connectivity index (χ4n) is 1.92. The second kappa shape index (κ2) is 7.02. The average molecular weight is 336 g/mol. The molecule has 0 saturated carbocycles. The Kier molecular flexibility index (Phi) is 5.08. The number of carbonyl (C=O) groups is 2. The number of hydrogen-bond donors (Lipinski definition) is 3. The molecule has 6 nitrogen and oxygen atoms in total. The second-order valence-corrected chi connectivity index (χ2v) is 5.22. The van der Waals surface area contributed by atoms with Crippen LogP contribution in [0.1, 0.15) is 15.9 Å². The first-order valence-electron chi connectivity index (χ1n) is 6.62. The van der Waals surface area contributed by atoms with E-state index in [1.807, 2.05) is 0 Å². The Balaban J connectivity index is 2.04. The van der Waals surface area contributed by atoms with Crippen LogP contribution in [0.3, 0.4) is 0 Å². The number of carbonyl (C=O) groups excluding carboxylic acids is 1. The van der Waals surface area contributed by atoms with Gasteiger partial charge in [0.2, 0.25) is 0 Å². The molecule has 23 heavy (non-hydrogen) atoms. The number of carboxylic acids is 1. The maximum atomic E-state index is 11.9. The Morgan fingerprint density at radius 2 is 1.96 bits per heavy atom. The van der Waals surface area contributed by atoms with Crippen molar-refractivity contribution in [3.05, 3.63) is 52.5 Å². The van der Waals surface area contributed by atoms with E-state index in [-0.39, 0.29) is 23.6 Å². The number of rotatable bonds is 5. The van der Waals surface area contributed by atoms with Crippen LogP contribution in [-0.2, 0) is 4.79 Å². The number of halogens is 1. The zero-order valence-corrected chi connectivity index (χ0v) is 12.9. The molecule has 7 heteroatoms. The van der Waals surface area contributed by atoms with Crippen LogP contribution in [0.25, 0.3) is 0 Å². The van der Waals surface area contributed by atoms with Crippen LogP contribution in [0.5, 0.6) is 11.5 Å². The van der Waals surface area contributed by atoms with E-state index in [2.05, 4.69) is 5.32 Å². The van der Waals surface area contributed by atoms with Crippen molar-refractivity contribution in [2.45, 2.75) is 6.92 Å². The lowest BCUT2D eigenvalue weighted by Crippen LogP contribution is -2.21. The van der Waals surface area contributed by atoms with Crippen molar-refractivity contribution in [1.82, 2.24) is 0 Å². The molecule has 0 spiro atoms. The van der Waals surface area contributed by atoms with Crippen LogP contribution < -0.4 is 10.1 Å². The molecule has 1 amide bonds. The van der Waals surface area contributed by atoms with Crippen molar-refractivity contribution in [1.29, 1.82) is 0 Å². The van der Waals surface area contributed by atoms with Gasteiger partial charge in [0, 0.05) is 5.02 Å². The van der Waals surface area contributed by atoms with E-state index in [0.717, 1.165) is 11.6 Å². The minimum absolute atomic E-state index is 0.0803. The van der Waals surface area contributed by atoms with Gasteiger partial charge < -0.3 is 20.3 Å². The molecule has 3 N–H and O–H groups in total. The van der Waals surface area contributed by atoms with Crippen molar-refractivity contribution in [2.24, 2.45) is 0 Å². The molecule has 0 aromatic heterocycles. The highest BCUT2D eigenvalue weighted by Crippen LogP contribution is 2.23. The van der Waals surface area contributed by atoms with E-state index in [1.54, 1.807) is 25.1 Å². The number of phenolic OH excluding ortho intramolecular Hbond substituents is 1. The van der Waals surface area contributed by atoms with Gasteiger partial charge in [0.05, 0.1) is 11.3 Å². The summed E-state index contributed by atoms with van der Waals surface area (Å²) in [4.78, 5) is 23.0. The molecule has 2 rings (SSSR count). The highest BCUT2D eigenvalue weighted by atomic mass is 35.5. The molecule has 0 fully saturated rings. The molecule has 0 atom stereocenters. The van der Waals surface area contributed by atoms with Gasteiger partial charge in [-0.25, -0.2) is 4.79 Å². The number of aromatic carboxylic acids is 1. The topological polar surface area (TPSA) is 95.9 Å². The number of aromatic hydroxyl groups is 1. The second-order valence-electron chi connectivity index (χ2n) is 4.78. The van der Waals surface area contributed by atoms with Gasteiger partial charge in [0.1, 0.15) is 11.5 Å². The normalized spacial score (nSPS) is 10.2. The monoisotopic (exact) mass is 335 g/mol. The fourth-order valence-corrected chi connectivity index (χ4v) is 2.15. The van der Waals surface area contributed by atoms with Gasteiger partial charge in [0.15, 0.2) is 6.61 Å². The zero-order valence-electron chi connectivity index (χ0n) is 12.2. The Labute approximate surface area is 137 Å². The Hall–Kier alpha value is -2.73. The SMILES string of the molecule is Cc1cc(Cl)ccc1OCC(=O)Nc1ccc(O)cc1C(=O)O. The molecule has 0 aliphatic carbocycles. The van der Waals surface area contributed by atoms with E-state index in [9.17, 15) is 14.7 Å². The summed E-state index contributed by atoms with van der Waals surface area (Å²) in [6, 6.07) is 8.65. The van der Waals surface area contributed by atoms with Crippen LogP contribution >= 0.6 is 11.6 Å². The first kappa shape index (κ1) is 16.6. The van der Waals surface area contributed by atoms with E-state index in [4.69, 9.17) is 21.4 Å². The largest absolute Gasteiger partial charge is 0.508 e. The lowest BCUT2D eigenvalue weighted by atomic mass is 10.1. The third-order valence-electron chi connectivity index (χ3n) is 3.00. The minimum Gasteiger partial charge on any atom is -0.508 e. The fraction of sp³-hybridized carbons (Fsp3) is 0.125. The summed E-state index contributed by atoms with van der Waals surface area (Å²) in [5, 5.41) is 21.4. The van der Waals surface area contributed by atoms with Gasteiger partial charge in [-0.05, 0) is 48.9 Å². The third-order valence-corrected chi connectivity index (χ3v) is 3.24. The molecular formula is C16H14ClNO5. The maximum absolute atomic E-state index is 11.9. The Morgan fingerprint density at radius 3 is 2.61 bits per heavy atom. The molecule has 0 unspecified atom stereocenters. The number of hydrogen-bond acceptors (Lipinski definition) is 4. The molecule has 0 aliphatic heterocycles. The number of nitrogens with one attached hydrogen (secondary N) is 1. The maximum Gasteiger partial charge on any atom is 0.337 e. The predicted octanol–water partition coefficient (Wildman–Crippen LogP) is 3.07. The summed E-state index contributed by atoms with van der Waals surface area (Å²) < 4.78 is 5.38. The van der Waals surface area contributed by atoms with Gasteiger partial charge in [-0.1, -0.05) is 11.6 Å². The van der Waals surface area contributed by atoms with Crippen LogP contribution in [0.15, 0.2) is 36.4 Å². The Bertz CT molecular complexity index is 760. The van der Waals surface area contributed by atoms with Gasteiger partial charge in [-0.2, -0.15) is 0 Å². The summed E-state index contributed by atoms with van der Waals surface area (Å²) in [6.07, 6.45) is 0. The van der Waals surface area contributed by atoms with Crippen LogP contribution in [0.2, 0.25) is 5.02 Å². The molecule has 0 saturated heterocycles. The summed E-state index contributed by atoms with van der Waals surface area (Å²) >= 11 is 5.84. The number of amides is 1. The van der Waals surface area contributed by atoms with Gasteiger partial charge in [-0.15, -0.1) is 0 Å². The van der Waals surface area contributed by atoms with Crippen LogP contribution in [-0.4, -0.2) is 28.7 Å². The summed E-state index contributed by atoms with van der Waals surface area (Å²) in [5.41, 5.74) is 0.652. The summed E-state index contributed by atoms with van der Waals surface area (Å²) in [5.74, 6) is -1.47. The quantitative estimate of drug-likeness (QED) is 0.730. The van der Waals surface area contributed by atoms with Crippen molar-refractivity contribution in [3.63, 3.8) is 0 Å². The highest BCUT2D eigenvalue weighted by Gasteiger charge is 2.14. The van der Waals surface area contributed by atoms with Crippen LogP contribution in [0, 0.1) is 6.92 Å². The first-order chi connectivity index (χ1) is 10.9. The van der Waals surface area contributed by atoms with Gasteiger partial charge in [-0.3, -0.25) is 4.79 Å². The number of anilines is 1. The standard InChI is InChI=1S/C16H14ClNO5/c1-9-6-10(17)2-5-14(9)23-8-15(20)18-13-4-3-11(19)7-12(13)16(21)22/h2-7,19H,8H2,1H3,(H,18,20)(H,21,22). The minimum atomic E-state index is -1.26. The van der Waals surface area contributed by atoms with Crippen molar-refractivity contribution in [3.8, 4) is 11.5 Å². The molecule has 0 radical (unpaired) electrons. The molecular weight excluding hydrogens is 322 g/mol. The first-order valence-corrected chi connectivity index (χ1v) is 6.99. The lowest BCUT2D eigenvalue weighted by molar-refractivity contribution is -0.118. The van der Waals surface area contributed by atoms with E-state index < -0.39 is 11.9 Å². The number of aryl methyl sites for hydroxylation is 1. The molecule has 0 aliphatic rings. The third kappa shape index (κ3) is 4.37. The molecule has 0 bridgehead atoms. The molecule has 120 valence electrons. The van der Waals surface area contributed by atoms with Crippen LogP contribution in [0.4, 0.5) is 5.69 Å². The van der Waals surface area contributed by atoms with Gasteiger partial charge >= 0.3 is 5.97 Å². The number of benzene rings is 2. The Morgan fingerprint density at radius 1 is 1.22 bits per heavy atom. The van der Waals surface area contributed by atoms with Crippen molar-refractivity contribution in [2.75, 3.05) is 11.9 Å². The van der Waals surface area contributed by atoms with E-state index in [1.165, 1.54) is 12.1 Å². The molecule has 0 heterocycles. The highest BCUT2D eigenvalue weighted by molar-refractivity contribution is 6.30.